The fraction of sp³-hybridized carbons (Fsp3) is 0.533. The van der Waals surface area contributed by atoms with Gasteiger partial charge in [0.25, 0.3) is 0 Å². The molecule has 4 heteroatoms. The van der Waals surface area contributed by atoms with Gasteiger partial charge < -0.3 is 11.1 Å². The number of nitrogens with one attached hydrogen (secondary N) is 1. The number of hydrogen-bond acceptors (Lipinski definition) is 3. The maximum Gasteiger partial charge on any atom is 0.234 e. The van der Waals surface area contributed by atoms with E-state index in [0.29, 0.717) is 13.1 Å². The lowest BCUT2D eigenvalue weighted by atomic mass is 9.95. The molecule has 19 heavy (non-hydrogen) atoms. The molecule has 1 heterocycles. The lowest BCUT2D eigenvalue weighted by Crippen LogP contribution is -2.52. The van der Waals surface area contributed by atoms with E-state index in [2.05, 4.69) is 48.3 Å². The molecule has 2 unspecified atom stereocenters. The van der Waals surface area contributed by atoms with Crippen molar-refractivity contribution >= 4 is 5.91 Å². The summed E-state index contributed by atoms with van der Waals surface area (Å²) in [5, 5.41) is 2.86. The Morgan fingerprint density at radius 3 is 2.63 bits per heavy atom. The van der Waals surface area contributed by atoms with Crippen molar-refractivity contribution < 1.29 is 4.79 Å². The molecule has 2 atom stereocenters. The van der Waals surface area contributed by atoms with E-state index < -0.39 is 0 Å². The predicted molar refractivity (Wildman–Crippen MR) is 76.8 cm³/mol. The highest BCUT2D eigenvalue weighted by Crippen LogP contribution is 2.25. The maximum absolute atomic E-state index is 11.6. The van der Waals surface area contributed by atoms with Crippen LogP contribution in [-0.4, -0.2) is 36.5 Å². The summed E-state index contributed by atoms with van der Waals surface area (Å²) in [4.78, 5) is 13.8. The fourth-order valence-electron chi connectivity index (χ4n) is 2.61. The number of amides is 1. The first kappa shape index (κ1) is 14.0. The Morgan fingerprint density at radius 2 is 2.05 bits per heavy atom. The number of nitrogens with zero attached hydrogens (tertiary/aromatic N) is 1. The number of piperazine rings is 1. The van der Waals surface area contributed by atoms with Crippen LogP contribution in [0.25, 0.3) is 0 Å². The minimum absolute atomic E-state index is 0.0496. The van der Waals surface area contributed by atoms with Gasteiger partial charge in [0, 0.05) is 19.1 Å². The highest BCUT2D eigenvalue weighted by molar-refractivity contribution is 5.78. The zero-order chi connectivity index (χ0) is 13.8. The number of nitrogens with two attached hydrogens (primary N) is 1. The van der Waals surface area contributed by atoms with E-state index in [9.17, 15) is 4.79 Å². The third-order valence-electron chi connectivity index (χ3n) is 3.76. The lowest BCUT2D eigenvalue weighted by Gasteiger charge is -2.37. The zero-order valence-corrected chi connectivity index (χ0v) is 11.7. The molecule has 0 aliphatic carbocycles. The Morgan fingerprint density at radius 1 is 1.37 bits per heavy atom. The summed E-state index contributed by atoms with van der Waals surface area (Å²) in [6.45, 7) is 6.17. The van der Waals surface area contributed by atoms with Gasteiger partial charge >= 0.3 is 0 Å². The Kier molecular flexibility index (Phi) is 4.56. The molecule has 1 aromatic rings. The highest BCUT2D eigenvalue weighted by Gasteiger charge is 2.29. The SMILES string of the molecule is CCC(N)C(c1ccc(C)cc1)N1CCNC(=O)C1. The van der Waals surface area contributed by atoms with Crippen LogP contribution in [0.15, 0.2) is 24.3 Å². The van der Waals surface area contributed by atoms with Gasteiger partial charge in [-0.25, -0.2) is 0 Å². The first-order valence-corrected chi connectivity index (χ1v) is 6.94. The molecule has 0 bridgehead atoms. The van der Waals surface area contributed by atoms with E-state index in [4.69, 9.17) is 5.73 Å². The van der Waals surface area contributed by atoms with Gasteiger partial charge in [-0.05, 0) is 18.9 Å². The topological polar surface area (TPSA) is 58.4 Å². The molecule has 0 saturated carbocycles. The first-order valence-electron chi connectivity index (χ1n) is 6.94. The second-order valence-electron chi connectivity index (χ2n) is 5.25. The number of carbonyl (C=O) groups is 1. The third-order valence-corrected chi connectivity index (χ3v) is 3.76. The van der Waals surface area contributed by atoms with Crippen molar-refractivity contribution in [3.05, 3.63) is 35.4 Å². The normalized spacial score (nSPS) is 19.8. The molecule has 1 fully saturated rings. The largest absolute Gasteiger partial charge is 0.354 e. The first-order chi connectivity index (χ1) is 9.11. The van der Waals surface area contributed by atoms with Gasteiger partial charge in [0.05, 0.1) is 12.6 Å². The second-order valence-corrected chi connectivity index (χ2v) is 5.25. The van der Waals surface area contributed by atoms with E-state index in [1.54, 1.807) is 0 Å². The van der Waals surface area contributed by atoms with Gasteiger partial charge in [0.2, 0.25) is 5.91 Å². The molecule has 3 N–H and O–H groups in total. The zero-order valence-electron chi connectivity index (χ0n) is 11.7. The van der Waals surface area contributed by atoms with E-state index in [1.165, 1.54) is 11.1 Å². The molecule has 1 aromatic carbocycles. The summed E-state index contributed by atoms with van der Waals surface area (Å²) in [6.07, 6.45) is 0.899. The van der Waals surface area contributed by atoms with Crippen LogP contribution in [0, 0.1) is 6.92 Å². The summed E-state index contributed by atoms with van der Waals surface area (Å²) in [5.74, 6) is 0.0895. The van der Waals surface area contributed by atoms with Gasteiger partial charge in [-0.15, -0.1) is 0 Å². The van der Waals surface area contributed by atoms with E-state index in [1.807, 2.05) is 0 Å². The highest BCUT2D eigenvalue weighted by atomic mass is 16.2. The molecular formula is C15H23N3O. The minimum atomic E-state index is 0.0496. The average molecular weight is 261 g/mol. The smallest absolute Gasteiger partial charge is 0.234 e. The van der Waals surface area contributed by atoms with Gasteiger partial charge in [-0.3, -0.25) is 9.69 Å². The number of hydrogen-bond donors (Lipinski definition) is 2. The summed E-state index contributed by atoms with van der Waals surface area (Å²) in [7, 11) is 0. The van der Waals surface area contributed by atoms with Gasteiger partial charge in [-0.1, -0.05) is 36.8 Å². The summed E-state index contributed by atoms with van der Waals surface area (Å²) in [5.41, 5.74) is 8.73. The quantitative estimate of drug-likeness (QED) is 0.856. The Hall–Kier alpha value is -1.39. The van der Waals surface area contributed by atoms with Gasteiger partial charge in [-0.2, -0.15) is 0 Å². The molecule has 104 valence electrons. The molecule has 1 amide bonds. The Bertz CT molecular complexity index is 430. The lowest BCUT2D eigenvalue weighted by molar-refractivity contribution is -0.125. The van der Waals surface area contributed by atoms with Gasteiger partial charge in [0.1, 0.15) is 0 Å². The van der Waals surface area contributed by atoms with Crippen molar-refractivity contribution in [2.45, 2.75) is 32.4 Å². The van der Waals surface area contributed by atoms with Crippen LogP contribution in [0.2, 0.25) is 0 Å². The average Bonchev–Trinajstić information content (AvgIpc) is 2.41. The van der Waals surface area contributed by atoms with Crippen molar-refractivity contribution in [1.29, 1.82) is 0 Å². The predicted octanol–water partition coefficient (Wildman–Crippen LogP) is 1.21. The van der Waals surface area contributed by atoms with E-state index >= 15 is 0 Å². The van der Waals surface area contributed by atoms with Crippen LogP contribution in [-0.2, 0) is 4.79 Å². The van der Waals surface area contributed by atoms with Crippen molar-refractivity contribution in [2.75, 3.05) is 19.6 Å². The van der Waals surface area contributed by atoms with Crippen molar-refractivity contribution in [1.82, 2.24) is 10.2 Å². The number of benzene rings is 1. The maximum atomic E-state index is 11.6. The molecule has 1 aliphatic heterocycles. The molecule has 2 rings (SSSR count). The van der Waals surface area contributed by atoms with Crippen LogP contribution >= 0.6 is 0 Å². The molecule has 1 saturated heterocycles. The van der Waals surface area contributed by atoms with Crippen LogP contribution in [0.5, 0.6) is 0 Å². The molecular weight excluding hydrogens is 238 g/mol. The van der Waals surface area contributed by atoms with E-state index in [-0.39, 0.29) is 18.0 Å². The molecule has 1 aliphatic rings. The fourth-order valence-corrected chi connectivity index (χ4v) is 2.61. The molecule has 0 aromatic heterocycles. The molecule has 4 nitrogen and oxygen atoms in total. The van der Waals surface area contributed by atoms with Crippen molar-refractivity contribution in [3.63, 3.8) is 0 Å². The summed E-state index contributed by atoms with van der Waals surface area (Å²) < 4.78 is 0. The summed E-state index contributed by atoms with van der Waals surface area (Å²) >= 11 is 0. The number of aryl methyl sites for hydroxylation is 1. The van der Waals surface area contributed by atoms with Crippen molar-refractivity contribution in [3.8, 4) is 0 Å². The minimum Gasteiger partial charge on any atom is -0.354 e. The van der Waals surface area contributed by atoms with Gasteiger partial charge in [0.15, 0.2) is 0 Å². The second kappa shape index (κ2) is 6.17. The number of carbonyl (C=O) groups excluding carboxylic acids is 1. The monoisotopic (exact) mass is 261 g/mol. The number of rotatable bonds is 4. The van der Waals surface area contributed by atoms with Crippen LogP contribution in [0.3, 0.4) is 0 Å². The van der Waals surface area contributed by atoms with Crippen LogP contribution in [0.1, 0.15) is 30.5 Å². The van der Waals surface area contributed by atoms with E-state index in [0.717, 1.165) is 13.0 Å². The van der Waals surface area contributed by atoms with Crippen molar-refractivity contribution in [2.24, 2.45) is 5.73 Å². The summed E-state index contributed by atoms with van der Waals surface area (Å²) in [6, 6.07) is 8.64. The molecule has 0 radical (unpaired) electrons. The Labute approximate surface area is 115 Å². The third kappa shape index (κ3) is 3.33. The molecule has 0 spiro atoms. The van der Waals surface area contributed by atoms with Crippen LogP contribution < -0.4 is 11.1 Å². The Balaban J connectivity index is 2.24. The van der Waals surface area contributed by atoms with Crippen LogP contribution in [0.4, 0.5) is 0 Å². The standard InChI is InChI=1S/C15H23N3O/c1-3-13(16)15(12-6-4-11(2)5-7-12)18-9-8-17-14(19)10-18/h4-7,13,15H,3,8-10,16H2,1-2H3,(H,17,19).